The van der Waals surface area contributed by atoms with Crippen molar-refractivity contribution in [2.24, 2.45) is 0 Å². The molecule has 0 spiro atoms. The molecule has 0 aliphatic carbocycles. The average molecular weight is 326 g/mol. The first kappa shape index (κ1) is 15.7. The van der Waals surface area contributed by atoms with Gasteiger partial charge in [0.15, 0.2) is 0 Å². The number of imide groups is 1. The summed E-state index contributed by atoms with van der Waals surface area (Å²) < 4.78 is 5.08. The van der Waals surface area contributed by atoms with E-state index in [-0.39, 0.29) is 23.4 Å². The van der Waals surface area contributed by atoms with E-state index in [9.17, 15) is 19.7 Å². The second-order valence-corrected chi connectivity index (χ2v) is 5.32. The van der Waals surface area contributed by atoms with Gasteiger partial charge >= 0.3 is 0 Å². The number of fused-ring (bicyclic) bond motifs is 1. The maximum atomic E-state index is 12.4. The van der Waals surface area contributed by atoms with Gasteiger partial charge in [-0.15, -0.1) is 0 Å². The van der Waals surface area contributed by atoms with Crippen LogP contribution >= 0.6 is 0 Å². The van der Waals surface area contributed by atoms with Gasteiger partial charge in [-0.25, -0.2) is 0 Å². The molecular weight excluding hydrogens is 312 g/mol. The van der Waals surface area contributed by atoms with Crippen LogP contribution in [-0.2, 0) is 6.42 Å². The van der Waals surface area contributed by atoms with E-state index in [1.165, 1.54) is 18.2 Å². The minimum absolute atomic E-state index is 0.0870. The second kappa shape index (κ2) is 6.11. The number of benzene rings is 2. The zero-order valence-electron chi connectivity index (χ0n) is 12.9. The van der Waals surface area contributed by atoms with Gasteiger partial charge in [0.25, 0.3) is 17.5 Å². The highest BCUT2D eigenvalue weighted by Crippen LogP contribution is 2.30. The van der Waals surface area contributed by atoms with Crippen LogP contribution in [0.15, 0.2) is 42.5 Å². The lowest BCUT2D eigenvalue weighted by atomic mass is 10.1. The molecule has 0 fully saturated rings. The van der Waals surface area contributed by atoms with Crippen molar-refractivity contribution >= 4 is 17.5 Å². The van der Waals surface area contributed by atoms with Crippen molar-refractivity contribution in [3.8, 4) is 5.75 Å². The maximum Gasteiger partial charge on any atom is 0.282 e. The van der Waals surface area contributed by atoms with Gasteiger partial charge in [0, 0.05) is 12.6 Å². The summed E-state index contributed by atoms with van der Waals surface area (Å²) in [5.74, 6) is -0.391. The number of nitro benzene ring substituents is 1. The molecule has 0 N–H and O–H groups in total. The minimum Gasteiger partial charge on any atom is -0.497 e. The summed E-state index contributed by atoms with van der Waals surface area (Å²) in [6.45, 7) is 0.163. The smallest absolute Gasteiger partial charge is 0.282 e. The fraction of sp³-hybridized carbons (Fsp3) is 0.176. The van der Waals surface area contributed by atoms with Crippen LogP contribution in [0.25, 0.3) is 0 Å². The standard InChI is InChI=1S/C17H14N2O5/c1-24-12-7-5-11(6-8-12)9-10-18-16(20)13-3-2-4-14(19(22)23)15(13)17(18)21/h2-8H,9-10H2,1H3. The van der Waals surface area contributed by atoms with Crippen molar-refractivity contribution in [3.05, 3.63) is 69.3 Å². The van der Waals surface area contributed by atoms with Gasteiger partial charge in [0.05, 0.1) is 17.6 Å². The summed E-state index contributed by atoms with van der Waals surface area (Å²) in [6, 6.07) is 11.4. The fourth-order valence-electron chi connectivity index (χ4n) is 2.70. The number of carbonyl (C=O) groups excluding carboxylic acids is 2. The lowest BCUT2D eigenvalue weighted by Gasteiger charge is -2.13. The van der Waals surface area contributed by atoms with Crippen molar-refractivity contribution in [3.63, 3.8) is 0 Å². The number of hydrogen-bond donors (Lipinski definition) is 0. The summed E-state index contributed by atoms with van der Waals surface area (Å²) >= 11 is 0. The molecule has 24 heavy (non-hydrogen) atoms. The first-order chi connectivity index (χ1) is 11.5. The number of carbonyl (C=O) groups is 2. The van der Waals surface area contributed by atoms with E-state index in [0.717, 1.165) is 16.2 Å². The van der Waals surface area contributed by atoms with Crippen molar-refractivity contribution in [1.29, 1.82) is 0 Å². The van der Waals surface area contributed by atoms with Gasteiger partial charge in [-0.2, -0.15) is 0 Å². The first-order valence-corrected chi connectivity index (χ1v) is 7.29. The summed E-state index contributed by atoms with van der Waals surface area (Å²) in [7, 11) is 1.57. The molecule has 0 unspecified atom stereocenters. The zero-order valence-corrected chi connectivity index (χ0v) is 12.9. The zero-order chi connectivity index (χ0) is 17.3. The molecule has 1 aliphatic rings. The van der Waals surface area contributed by atoms with E-state index in [1.54, 1.807) is 19.2 Å². The molecule has 7 nitrogen and oxygen atoms in total. The topological polar surface area (TPSA) is 89.8 Å². The molecule has 0 radical (unpaired) electrons. The maximum absolute atomic E-state index is 12.4. The van der Waals surface area contributed by atoms with Crippen molar-refractivity contribution < 1.29 is 19.2 Å². The molecule has 1 aliphatic heterocycles. The number of rotatable bonds is 5. The van der Waals surface area contributed by atoms with E-state index in [4.69, 9.17) is 4.74 Å². The summed E-state index contributed by atoms with van der Waals surface area (Å²) in [4.78, 5) is 36.3. The third kappa shape index (κ3) is 2.60. The first-order valence-electron chi connectivity index (χ1n) is 7.29. The van der Waals surface area contributed by atoms with E-state index in [1.807, 2.05) is 12.1 Å². The highest BCUT2D eigenvalue weighted by molar-refractivity contribution is 6.23. The number of methoxy groups -OCH3 is 1. The van der Waals surface area contributed by atoms with Gasteiger partial charge in [-0.1, -0.05) is 18.2 Å². The Morgan fingerprint density at radius 1 is 1.08 bits per heavy atom. The van der Waals surface area contributed by atoms with E-state index in [2.05, 4.69) is 0 Å². The minimum atomic E-state index is -0.642. The number of nitro groups is 1. The molecular formula is C17H14N2O5. The van der Waals surface area contributed by atoms with Gasteiger partial charge in [-0.05, 0) is 30.2 Å². The number of hydrogen-bond acceptors (Lipinski definition) is 5. The number of amides is 2. The predicted octanol–water partition coefficient (Wildman–Crippen LogP) is 2.44. The Morgan fingerprint density at radius 3 is 2.42 bits per heavy atom. The van der Waals surface area contributed by atoms with E-state index < -0.39 is 16.7 Å². The molecule has 0 atom stereocenters. The van der Waals surface area contributed by atoms with E-state index >= 15 is 0 Å². The summed E-state index contributed by atoms with van der Waals surface area (Å²) in [5, 5.41) is 11.1. The van der Waals surface area contributed by atoms with Crippen LogP contribution in [0.4, 0.5) is 5.69 Å². The Morgan fingerprint density at radius 2 is 1.79 bits per heavy atom. The van der Waals surface area contributed by atoms with Crippen LogP contribution in [0, 0.1) is 10.1 Å². The quantitative estimate of drug-likeness (QED) is 0.478. The highest BCUT2D eigenvalue weighted by atomic mass is 16.6. The summed E-state index contributed by atoms with van der Waals surface area (Å²) in [6.07, 6.45) is 0.462. The van der Waals surface area contributed by atoms with E-state index in [0.29, 0.717) is 6.42 Å². The highest BCUT2D eigenvalue weighted by Gasteiger charge is 2.40. The molecule has 7 heteroatoms. The Bertz CT molecular complexity index is 829. The van der Waals surface area contributed by atoms with Gasteiger partial charge in [0.1, 0.15) is 11.3 Å². The third-order valence-corrected chi connectivity index (χ3v) is 3.96. The number of nitrogens with zero attached hydrogens (tertiary/aromatic N) is 2. The molecule has 0 bridgehead atoms. The van der Waals surface area contributed by atoms with Crippen LogP contribution in [0.2, 0.25) is 0 Å². The van der Waals surface area contributed by atoms with Crippen molar-refractivity contribution in [2.75, 3.05) is 13.7 Å². The van der Waals surface area contributed by atoms with Crippen molar-refractivity contribution in [2.45, 2.75) is 6.42 Å². The molecule has 0 saturated carbocycles. The number of ether oxygens (including phenoxy) is 1. The molecule has 2 aromatic rings. The van der Waals surface area contributed by atoms with Crippen LogP contribution in [-0.4, -0.2) is 35.3 Å². The lowest BCUT2D eigenvalue weighted by Crippen LogP contribution is -2.31. The predicted molar refractivity (Wildman–Crippen MR) is 85.2 cm³/mol. The van der Waals surface area contributed by atoms with Crippen LogP contribution in [0.1, 0.15) is 26.3 Å². The lowest BCUT2D eigenvalue weighted by molar-refractivity contribution is -0.385. The monoisotopic (exact) mass is 326 g/mol. The third-order valence-electron chi connectivity index (χ3n) is 3.96. The van der Waals surface area contributed by atoms with Gasteiger partial charge in [-0.3, -0.25) is 24.6 Å². The molecule has 0 aromatic heterocycles. The van der Waals surface area contributed by atoms with Gasteiger partial charge in [0.2, 0.25) is 0 Å². The molecule has 3 rings (SSSR count). The fourth-order valence-corrected chi connectivity index (χ4v) is 2.70. The second-order valence-electron chi connectivity index (χ2n) is 5.32. The molecule has 2 aromatic carbocycles. The van der Waals surface area contributed by atoms with Crippen molar-refractivity contribution in [1.82, 2.24) is 4.90 Å². The van der Waals surface area contributed by atoms with Crippen LogP contribution in [0.3, 0.4) is 0 Å². The SMILES string of the molecule is COc1ccc(CCN2C(=O)c3cccc([N+](=O)[O-])c3C2=O)cc1. The normalized spacial score (nSPS) is 13.1. The Balaban J connectivity index is 1.80. The molecule has 0 saturated heterocycles. The largest absolute Gasteiger partial charge is 0.497 e. The Labute approximate surface area is 137 Å². The molecule has 2 amide bonds. The van der Waals surface area contributed by atoms with Crippen LogP contribution < -0.4 is 4.74 Å². The average Bonchev–Trinajstić information content (AvgIpc) is 2.84. The molecule has 1 heterocycles. The van der Waals surface area contributed by atoms with Gasteiger partial charge < -0.3 is 4.74 Å². The Hall–Kier alpha value is -3.22. The summed E-state index contributed by atoms with van der Waals surface area (Å²) in [5.41, 5.74) is 0.561. The molecule has 122 valence electrons. The Kier molecular flexibility index (Phi) is 3.99. The van der Waals surface area contributed by atoms with Crippen LogP contribution in [0.5, 0.6) is 5.75 Å².